The molecule has 2 saturated carbocycles. The van der Waals surface area contributed by atoms with E-state index in [1.165, 1.54) is 22.5 Å². The van der Waals surface area contributed by atoms with E-state index in [0.29, 0.717) is 18.4 Å². The Kier molecular flexibility index (Phi) is 5.27. The number of halogens is 4. The van der Waals surface area contributed by atoms with Crippen LogP contribution in [0.1, 0.15) is 54.4 Å². The topological polar surface area (TPSA) is 94.9 Å². The molecule has 0 radical (unpaired) electrons. The number of anilines is 1. The van der Waals surface area contributed by atoms with Gasteiger partial charge < -0.3 is 10.2 Å². The molecule has 1 aliphatic heterocycles. The van der Waals surface area contributed by atoms with Gasteiger partial charge in [-0.2, -0.15) is 13.2 Å². The number of sulfonamides is 1. The number of carboxylic acid groups (broad SMARTS) is 1. The Balaban J connectivity index is 1.68. The molecule has 1 unspecified atom stereocenters. The Bertz CT molecular complexity index is 1280. The van der Waals surface area contributed by atoms with E-state index >= 15 is 0 Å². The van der Waals surface area contributed by atoms with Crippen molar-refractivity contribution in [2.45, 2.75) is 66.7 Å². The molecule has 35 heavy (non-hydrogen) atoms. The maximum atomic E-state index is 13.8. The van der Waals surface area contributed by atoms with Crippen molar-refractivity contribution < 1.29 is 41.0 Å². The lowest BCUT2D eigenvalue weighted by Gasteiger charge is -2.47. The molecule has 6 nitrogen and oxygen atoms in total. The minimum absolute atomic E-state index is 0.102. The normalized spacial score (nSPS) is 28.8. The third kappa shape index (κ3) is 3.62. The molecular weight excluding hydrogens is 490 g/mol. The Morgan fingerprint density at radius 1 is 1.00 bits per heavy atom. The van der Waals surface area contributed by atoms with E-state index in [2.05, 4.69) is 0 Å². The molecule has 3 aliphatic rings. The molecule has 11 heteroatoms. The minimum Gasteiger partial charge on any atom is -0.478 e. The Hall–Kier alpha value is -2.66. The zero-order valence-corrected chi connectivity index (χ0v) is 19.2. The van der Waals surface area contributed by atoms with Gasteiger partial charge in [-0.05, 0) is 92.5 Å². The summed E-state index contributed by atoms with van der Waals surface area (Å²) < 4.78 is 83.2. The summed E-state index contributed by atoms with van der Waals surface area (Å²) in [4.78, 5) is 11.5. The van der Waals surface area contributed by atoms with Gasteiger partial charge in [0.2, 0.25) is 0 Å². The molecule has 1 atom stereocenters. The molecule has 188 valence electrons. The van der Waals surface area contributed by atoms with Crippen LogP contribution in [-0.2, 0) is 15.4 Å². The van der Waals surface area contributed by atoms with Crippen LogP contribution in [0.4, 0.5) is 23.2 Å². The van der Waals surface area contributed by atoms with Crippen LogP contribution < -0.4 is 4.31 Å². The fourth-order valence-corrected chi connectivity index (χ4v) is 7.60. The summed E-state index contributed by atoms with van der Waals surface area (Å²) in [6.07, 6.45) is -5.06. The molecule has 1 spiro atoms. The average Bonchev–Trinajstić information content (AvgIpc) is 3.58. The number of carboxylic acids is 1. The maximum absolute atomic E-state index is 13.8. The summed E-state index contributed by atoms with van der Waals surface area (Å²) in [5.74, 6) is -2.00. The van der Waals surface area contributed by atoms with Gasteiger partial charge in [-0.15, -0.1) is 0 Å². The van der Waals surface area contributed by atoms with Crippen molar-refractivity contribution in [2.75, 3.05) is 4.31 Å². The summed E-state index contributed by atoms with van der Waals surface area (Å²) in [5.41, 5.74) is -3.50. The van der Waals surface area contributed by atoms with Crippen LogP contribution in [0.25, 0.3) is 0 Å². The third-order valence-corrected chi connectivity index (χ3v) is 9.58. The standard InChI is InChI=1S/C24H23F4NO5S/c25-16-4-6-17(7-5-16)35(33,34)29-19-8-3-15(21(30)31)13-18(19)22(20(29)14-1-2-14)9-11-23(32,12-10-22)24(26,27)28/h3-8,13-14,20,32H,1-2,9-12H2,(H,30,31). The van der Waals surface area contributed by atoms with Crippen molar-refractivity contribution in [1.29, 1.82) is 0 Å². The quantitative estimate of drug-likeness (QED) is 0.582. The van der Waals surface area contributed by atoms with E-state index in [9.17, 15) is 41.0 Å². The second-order valence-electron chi connectivity index (χ2n) is 9.76. The second-order valence-corrected chi connectivity index (χ2v) is 11.6. The highest BCUT2D eigenvalue weighted by Crippen LogP contribution is 2.62. The van der Waals surface area contributed by atoms with Gasteiger partial charge in [-0.3, -0.25) is 4.31 Å². The number of hydrogen-bond donors (Lipinski definition) is 2. The van der Waals surface area contributed by atoms with Gasteiger partial charge in [0.1, 0.15) is 5.82 Å². The largest absolute Gasteiger partial charge is 0.478 e. The van der Waals surface area contributed by atoms with Crippen molar-refractivity contribution in [3.05, 3.63) is 59.4 Å². The Labute approximate surface area is 199 Å². The van der Waals surface area contributed by atoms with Gasteiger partial charge in [0.25, 0.3) is 10.0 Å². The van der Waals surface area contributed by atoms with Gasteiger partial charge >= 0.3 is 12.1 Å². The monoisotopic (exact) mass is 513 g/mol. The average molecular weight is 514 g/mol. The highest BCUT2D eigenvalue weighted by molar-refractivity contribution is 7.92. The molecule has 0 aromatic heterocycles. The molecule has 1 heterocycles. The fraction of sp³-hybridized carbons (Fsp3) is 0.458. The highest BCUT2D eigenvalue weighted by atomic mass is 32.2. The number of aliphatic hydroxyl groups is 1. The van der Waals surface area contributed by atoms with Gasteiger partial charge in [-0.25, -0.2) is 17.6 Å². The van der Waals surface area contributed by atoms with E-state index in [1.807, 2.05) is 0 Å². The van der Waals surface area contributed by atoms with Crippen molar-refractivity contribution in [1.82, 2.24) is 0 Å². The molecule has 2 aliphatic carbocycles. The fourth-order valence-electron chi connectivity index (χ4n) is 5.81. The lowest BCUT2D eigenvalue weighted by Crippen LogP contribution is -2.56. The predicted octanol–water partition coefficient (Wildman–Crippen LogP) is 4.62. The molecule has 0 bridgehead atoms. The molecular formula is C24H23F4NO5S. The molecule has 0 saturated heterocycles. The van der Waals surface area contributed by atoms with Crippen molar-refractivity contribution in [3.63, 3.8) is 0 Å². The van der Waals surface area contributed by atoms with Crippen LogP contribution in [0, 0.1) is 11.7 Å². The van der Waals surface area contributed by atoms with Crippen LogP contribution in [0.15, 0.2) is 47.4 Å². The van der Waals surface area contributed by atoms with Gasteiger partial charge in [0, 0.05) is 5.41 Å². The highest BCUT2D eigenvalue weighted by Gasteiger charge is 2.64. The van der Waals surface area contributed by atoms with E-state index < -0.39 is 57.9 Å². The SMILES string of the molecule is O=C(O)c1ccc2c(c1)C1(CCC(O)(C(F)(F)F)CC1)C(C1CC1)N2S(=O)(=O)c1ccc(F)cc1. The number of aromatic carboxylic acids is 1. The molecule has 2 aromatic carbocycles. The molecule has 5 rings (SSSR count). The number of nitrogens with zero attached hydrogens (tertiary/aromatic N) is 1. The van der Waals surface area contributed by atoms with Crippen LogP contribution in [0.3, 0.4) is 0 Å². The van der Waals surface area contributed by atoms with Crippen LogP contribution >= 0.6 is 0 Å². The first-order chi connectivity index (χ1) is 16.3. The van der Waals surface area contributed by atoms with Crippen molar-refractivity contribution in [2.24, 2.45) is 5.92 Å². The summed E-state index contributed by atoms with van der Waals surface area (Å²) in [6.45, 7) is 0. The zero-order valence-electron chi connectivity index (χ0n) is 18.4. The number of benzene rings is 2. The van der Waals surface area contributed by atoms with Crippen molar-refractivity contribution in [3.8, 4) is 0 Å². The van der Waals surface area contributed by atoms with E-state index in [-0.39, 0.29) is 34.9 Å². The van der Waals surface area contributed by atoms with Crippen LogP contribution in [0.2, 0.25) is 0 Å². The predicted molar refractivity (Wildman–Crippen MR) is 117 cm³/mol. The smallest absolute Gasteiger partial charge is 0.417 e. The van der Waals surface area contributed by atoms with E-state index in [1.54, 1.807) is 0 Å². The summed E-state index contributed by atoms with van der Waals surface area (Å²) in [7, 11) is -4.25. The second kappa shape index (κ2) is 7.67. The first-order valence-electron chi connectivity index (χ1n) is 11.3. The molecule has 2 aromatic rings. The Morgan fingerprint density at radius 3 is 2.11 bits per heavy atom. The summed E-state index contributed by atoms with van der Waals surface area (Å²) >= 11 is 0. The van der Waals surface area contributed by atoms with E-state index in [0.717, 1.165) is 24.3 Å². The number of hydrogen-bond acceptors (Lipinski definition) is 4. The van der Waals surface area contributed by atoms with Gasteiger partial charge in [0.05, 0.1) is 22.2 Å². The van der Waals surface area contributed by atoms with E-state index in [4.69, 9.17) is 0 Å². The molecule has 0 amide bonds. The maximum Gasteiger partial charge on any atom is 0.417 e. The van der Waals surface area contributed by atoms with Gasteiger partial charge in [0.15, 0.2) is 5.60 Å². The van der Waals surface area contributed by atoms with Gasteiger partial charge in [-0.1, -0.05) is 0 Å². The number of rotatable bonds is 4. The lowest BCUT2D eigenvalue weighted by molar-refractivity contribution is -0.273. The van der Waals surface area contributed by atoms with Crippen LogP contribution in [0.5, 0.6) is 0 Å². The summed E-state index contributed by atoms with van der Waals surface area (Å²) in [5, 5.41) is 19.9. The number of fused-ring (bicyclic) bond motifs is 2. The lowest BCUT2D eigenvalue weighted by atomic mass is 9.61. The molecule has 2 fully saturated rings. The molecule has 2 N–H and O–H groups in total. The van der Waals surface area contributed by atoms with Crippen LogP contribution in [-0.4, -0.2) is 42.4 Å². The number of carbonyl (C=O) groups is 1. The summed E-state index contributed by atoms with van der Waals surface area (Å²) in [6, 6.07) is 7.57. The third-order valence-electron chi connectivity index (χ3n) is 7.77. The zero-order chi connectivity index (χ0) is 25.4. The number of alkyl halides is 3. The Morgan fingerprint density at radius 2 is 1.60 bits per heavy atom. The van der Waals surface area contributed by atoms with Crippen molar-refractivity contribution >= 4 is 21.7 Å². The minimum atomic E-state index is -4.84. The first kappa shape index (κ1) is 24.1. The first-order valence-corrected chi connectivity index (χ1v) is 12.7.